The van der Waals surface area contributed by atoms with Gasteiger partial charge in [0, 0.05) is 26.2 Å². The number of nitrogens with zero attached hydrogens (tertiary/aromatic N) is 8. The molecule has 5 heterocycles. The molecule has 3 aliphatic rings. The van der Waals surface area contributed by atoms with E-state index in [0.717, 1.165) is 102 Å². The highest BCUT2D eigenvalue weighted by atomic mass is 15.4. The monoisotopic (exact) mass is 358 g/mol. The van der Waals surface area contributed by atoms with Gasteiger partial charge in [0.1, 0.15) is 11.6 Å². The van der Waals surface area contributed by atoms with Crippen LogP contribution >= 0.6 is 0 Å². The fourth-order valence-corrected chi connectivity index (χ4v) is 4.18. The molecule has 0 spiro atoms. The lowest BCUT2D eigenvalue weighted by Gasteiger charge is -2.35. The van der Waals surface area contributed by atoms with Crippen molar-refractivity contribution >= 4 is 0 Å². The summed E-state index contributed by atoms with van der Waals surface area (Å²) >= 11 is 0. The molecule has 2 fully saturated rings. The van der Waals surface area contributed by atoms with Gasteiger partial charge >= 0.3 is 0 Å². The fraction of sp³-hybridized carbons (Fsp3) is 0.750. The van der Waals surface area contributed by atoms with Crippen LogP contribution in [0.3, 0.4) is 0 Å². The van der Waals surface area contributed by atoms with Crippen molar-refractivity contribution in [3.05, 3.63) is 23.3 Å². The molecule has 140 valence electrons. The molecule has 4 unspecified atom stereocenters. The second kappa shape index (κ2) is 7.03. The van der Waals surface area contributed by atoms with Crippen molar-refractivity contribution in [2.24, 2.45) is 0 Å². The van der Waals surface area contributed by atoms with E-state index >= 15 is 0 Å². The molecule has 0 aliphatic carbocycles. The lowest BCUT2D eigenvalue weighted by molar-refractivity contribution is 0.0681. The second-order valence-corrected chi connectivity index (χ2v) is 7.60. The molecule has 0 aromatic carbocycles. The zero-order valence-corrected chi connectivity index (χ0v) is 15.1. The third kappa shape index (κ3) is 3.63. The Bertz CT molecular complexity index is 624. The molecule has 10 heteroatoms. The summed E-state index contributed by atoms with van der Waals surface area (Å²) in [5.74, 6) is 3.71. The number of hydrogen-bond acceptors (Lipinski definition) is 8. The number of aromatic amines is 2. The first-order chi connectivity index (χ1) is 12.8. The minimum absolute atomic E-state index is 0.790. The topological polar surface area (TPSA) is 96.1 Å². The molecule has 2 aromatic rings. The van der Waals surface area contributed by atoms with Gasteiger partial charge in [0.15, 0.2) is 11.6 Å². The zero-order chi connectivity index (χ0) is 17.3. The highest BCUT2D eigenvalue weighted by Gasteiger charge is 2.23. The van der Waals surface area contributed by atoms with E-state index in [9.17, 15) is 0 Å². The van der Waals surface area contributed by atoms with Crippen molar-refractivity contribution in [3.63, 3.8) is 0 Å². The predicted molar refractivity (Wildman–Crippen MR) is 93.4 cm³/mol. The van der Waals surface area contributed by atoms with E-state index < -0.39 is 0 Å². The minimum Gasteiger partial charge on any atom is -0.283 e. The number of nitrogens with one attached hydrogen (secondary N) is 2. The Morgan fingerprint density at radius 2 is 1.00 bits per heavy atom. The Balaban J connectivity index is 1.39. The van der Waals surface area contributed by atoms with E-state index in [-0.39, 0.29) is 0 Å². The van der Waals surface area contributed by atoms with Crippen LogP contribution in [-0.4, -0.2) is 89.5 Å². The molecular weight excluding hydrogens is 332 g/mol. The van der Waals surface area contributed by atoms with Gasteiger partial charge in [-0.15, -0.1) is 0 Å². The molecule has 0 amide bonds. The van der Waals surface area contributed by atoms with E-state index in [1.807, 2.05) is 0 Å². The van der Waals surface area contributed by atoms with Crippen molar-refractivity contribution in [1.82, 2.24) is 50.0 Å². The Morgan fingerprint density at radius 3 is 1.46 bits per heavy atom. The van der Waals surface area contributed by atoms with E-state index in [0.29, 0.717) is 0 Å². The third-order valence-electron chi connectivity index (χ3n) is 5.33. The normalized spacial score (nSPS) is 32.3. The molecule has 2 saturated heterocycles. The molecule has 10 nitrogen and oxygen atoms in total. The highest BCUT2D eigenvalue weighted by molar-refractivity contribution is 4.94. The molecule has 0 radical (unpaired) electrons. The van der Waals surface area contributed by atoms with Crippen LogP contribution in [0.1, 0.15) is 36.1 Å². The summed E-state index contributed by atoms with van der Waals surface area (Å²) in [7, 11) is 0. The minimum atomic E-state index is 0.790. The Morgan fingerprint density at radius 1 is 0.577 bits per heavy atom. The molecule has 0 saturated carbocycles. The number of rotatable bonds is 0. The van der Waals surface area contributed by atoms with Crippen molar-refractivity contribution in [3.8, 4) is 0 Å². The summed E-state index contributed by atoms with van der Waals surface area (Å²) in [6.45, 7) is 9.40. The maximum atomic E-state index is 4.73. The van der Waals surface area contributed by atoms with Crippen molar-refractivity contribution in [1.29, 1.82) is 0 Å². The Labute approximate surface area is 152 Å². The van der Waals surface area contributed by atoms with Crippen LogP contribution < -0.4 is 0 Å². The van der Waals surface area contributed by atoms with Gasteiger partial charge in [-0.25, -0.2) is 9.97 Å². The van der Waals surface area contributed by atoms with E-state index in [2.05, 4.69) is 40.0 Å². The zero-order valence-electron chi connectivity index (χ0n) is 15.1. The van der Waals surface area contributed by atoms with Gasteiger partial charge in [-0.2, -0.15) is 10.2 Å². The van der Waals surface area contributed by atoms with Gasteiger partial charge in [0.05, 0.1) is 39.5 Å². The van der Waals surface area contributed by atoms with Gasteiger partial charge in [-0.05, 0) is 12.8 Å². The Hall–Kier alpha value is -1.88. The van der Waals surface area contributed by atoms with Gasteiger partial charge in [0.2, 0.25) is 0 Å². The summed E-state index contributed by atoms with van der Waals surface area (Å²) in [6, 6.07) is 0. The lowest BCUT2D eigenvalue weighted by Crippen LogP contribution is -2.44. The van der Waals surface area contributed by atoms with E-state index in [1.165, 1.54) is 0 Å². The molecule has 3 aliphatic heterocycles. The van der Waals surface area contributed by atoms with Gasteiger partial charge < -0.3 is 0 Å². The first-order valence-corrected chi connectivity index (χ1v) is 9.50. The predicted octanol–water partition coefficient (Wildman–Crippen LogP) is -0.433. The van der Waals surface area contributed by atoms with Crippen LogP contribution in [-0.2, 0) is 26.2 Å². The van der Waals surface area contributed by atoms with Crippen LogP contribution in [0.15, 0.2) is 0 Å². The summed E-state index contributed by atoms with van der Waals surface area (Å²) in [6.07, 6.45) is 2.31. The summed E-state index contributed by atoms with van der Waals surface area (Å²) in [4.78, 5) is 19.1. The third-order valence-corrected chi connectivity index (χ3v) is 5.33. The molecule has 2 aromatic heterocycles. The molecule has 4 atom stereocenters. The largest absolute Gasteiger partial charge is 0.283 e. The van der Waals surface area contributed by atoms with Crippen molar-refractivity contribution in [2.75, 3.05) is 39.5 Å². The second-order valence-electron chi connectivity index (χ2n) is 7.60. The maximum absolute atomic E-state index is 4.73. The van der Waals surface area contributed by atoms with Crippen LogP contribution in [0, 0.1) is 0 Å². The average molecular weight is 358 g/mol. The van der Waals surface area contributed by atoms with Gasteiger partial charge in [-0.3, -0.25) is 29.8 Å². The lowest BCUT2D eigenvalue weighted by atomic mass is 10.2. The first kappa shape index (κ1) is 16.3. The first-order valence-electron chi connectivity index (χ1n) is 9.50. The number of H-pyrrole nitrogens is 2. The highest BCUT2D eigenvalue weighted by Crippen LogP contribution is 2.15. The quantitative estimate of drug-likeness (QED) is 0.655. The van der Waals surface area contributed by atoms with Crippen LogP contribution in [0.5, 0.6) is 0 Å². The summed E-state index contributed by atoms with van der Waals surface area (Å²) < 4.78 is 0. The van der Waals surface area contributed by atoms with Gasteiger partial charge in [0.25, 0.3) is 0 Å². The molecular formula is C16H26N10. The number of fused-ring (bicyclic) bond motifs is 8. The molecule has 8 bridgehead atoms. The van der Waals surface area contributed by atoms with Crippen molar-refractivity contribution in [2.45, 2.75) is 39.0 Å². The molecule has 5 rings (SSSR count). The van der Waals surface area contributed by atoms with Gasteiger partial charge in [-0.1, -0.05) is 0 Å². The average Bonchev–Trinajstić information content (AvgIpc) is 3.24. The van der Waals surface area contributed by atoms with Crippen LogP contribution in [0.2, 0.25) is 0 Å². The number of aromatic nitrogens is 6. The molecule has 2 N–H and O–H groups in total. The molecule has 26 heavy (non-hydrogen) atoms. The summed E-state index contributed by atoms with van der Waals surface area (Å²) in [5.41, 5.74) is 0. The SMILES string of the molecule is C1CN2Cc3n[nH]c(n3)CN3CCCN(Cc4nc(n[nH]4)CN(C1)C2)C3. The maximum Gasteiger partial charge on any atom is 0.164 e. The number of hydrogen-bond donors (Lipinski definition) is 2. The summed E-state index contributed by atoms with van der Waals surface area (Å²) in [5, 5.41) is 15.2. The smallest absolute Gasteiger partial charge is 0.164 e. The van der Waals surface area contributed by atoms with E-state index in [4.69, 9.17) is 9.97 Å². The Kier molecular flexibility index (Phi) is 4.41. The van der Waals surface area contributed by atoms with Crippen LogP contribution in [0.4, 0.5) is 0 Å². The van der Waals surface area contributed by atoms with E-state index in [1.54, 1.807) is 0 Å². The van der Waals surface area contributed by atoms with Crippen molar-refractivity contribution < 1.29 is 0 Å². The standard InChI is InChI=1S/C16H26N10/c1-3-23-7-13-17-15(21-19-13)9-25-5-2-6-26(12-25)10-16-18-14(20-22-16)8-24(4-1)11-23/h1-12H2,(H,17,19,21)(H,18,20,22). The fourth-order valence-electron chi connectivity index (χ4n) is 4.18. The van der Waals surface area contributed by atoms with Crippen LogP contribution in [0.25, 0.3) is 0 Å².